The number of carbonyl (C=O) groups excluding carboxylic acids is 2. The maximum atomic E-state index is 12.5. The molecule has 1 aromatic heterocycles. The van der Waals surface area contributed by atoms with Crippen LogP contribution in [0.25, 0.3) is 0 Å². The van der Waals surface area contributed by atoms with Gasteiger partial charge in [-0.1, -0.05) is 32.0 Å². The van der Waals surface area contributed by atoms with Crippen LogP contribution in [0.15, 0.2) is 42.5 Å². The maximum Gasteiger partial charge on any atom is 0.230 e. The van der Waals surface area contributed by atoms with Crippen molar-refractivity contribution in [3.8, 4) is 0 Å². The van der Waals surface area contributed by atoms with Gasteiger partial charge in [0.05, 0.1) is 5.92 Å². The van der Waals surface area contributed by atoms with Gasteiger partial charge in [0.25, 0.3) is 0 Å². The number of amides is 2. The lowest BCUT2D eigenvalue weighted by molar-refractivity contribution is -0.122. The van der Waals surface area contributed by atoms with Crippen molar-refractivity contribution in [3.05, 3.63) is 53.7 Å². The van der Waals surface area contributed by atoms with Crippen LogP contribution in [0.1, 0.15) is 37.4 Å². The molecule has 25 heavy (non-hydrogen) atoms. The molecule has 3 rings (SSSR count). The summed E-state index contributed by atoms with van der Waals surface area (Å²) in [5, 5.41) is 2.81. The second-order valence-corrected chi connectivity index (χ2v) is 6.81. The third-order valence-electron chi connectivity index (χ3n) is 4.51. The fourth-order valence-electron chi connectivity index (χ4n) is 3.01. The maximum absolute atomic E-state index is 12.5. The van der Waals surface area contributed by atoms with Crippen molar-refractivity contribution >= 4 is 23.3 Å². The molecule has 1 aromatic carbocycles. The third kappa shape index (κ3) is 3.87. The van der Waals surface area contributed by atoms with Crippen LogP contribution in [-0.2, 0) is 9.59 Å². The lowest BCUT2D eigenvalue weighted by Gasteiger charge is -2.17. The van der Waals surface area contributed by atoms with Crippen molar-refractivity contribution in [1.82, 2.24) is 4.98 Å². The molecule has 0 radical (unpaired) electrons. The summed E-state index contributed by atoms with van der Waals surface area (Å²) in [6, 6.07) is 13.5. The van der Waals surface area contributed by atoms with Crippen LogP contribution < -0.4 is 10.2 Å². The zero-order valence-electron chi connectivity index (χ0n) is 14.8. The summed E-state index contributed by atoms with van der Waals surface area (Å²) in [5.74, 6) is 0.433. The van der Waals surface area contributed by atoms with E-state index in [1.54, 1.807) is 11.0 Å². The summed E-state index contributed by atoms with van der Waals surface area (Å²) >= 11 is 0. The lowest BCUT2D eigenvalue weighted by Crippen LogP contribution is -2.28. The third-order valence-corrected chi connectivity index (χ3v) is 4.51. The fourth-order valence-corrected chi connectivity index (χ4v) is 3.01. The second kappa shape index (κ2) is 7.05. The molecule has 1 atom stereocenters. The second-order valence-electron chi connectivity index (χ2n) is 6.81. The lowest BCUT2D eigenvalue weighted by atomic mass is 10.0. The van der Waals surface area contributed by atoms with E-state index in [-0.39, 0.29) is 24.2 Å². The van der Waals surface area contributed by atoms with Gasteiger partial charge >= 0.3 is 0 Å². The highest BCUT2D eigenvalue weighted by atomic mass is 16.2. The van der Waals surface area contributed by atoms with Gasteiger partial charge in [-0.3, -0.25) is 9.59 Å². The molecule has 2 heterocycles. The molecule has 5 nitrogen and oxygen atoms in total. The highest BCUT2D eigenvalue weighted by Gasteiger charge is 2.35. The first-order chi connectivity index (χ1) is 11.9. The van der Waals surface area contributed by atoms with Gasteiger partial charge in [-0.2, -0.15) is 0 Å². The first-order valence-corrected chi connectivity index (χ1v) is 8.59. The Morgan fingerprint density at radius 2 is 1.92 bits per heavy atom. The topological polar surface area (TPSA) is 62.3 Å². The summed E-state index contributed by atoms with van der Waals surface area (Å²) in [5.41, 5.74) is 2.92. The van der Waals surface area contributed by atoms with Crippen molar-refractivity contribution in [1.29, 1.82) is 0 Å². The number of benzene rings is 1. The van der Waals surface area contributed by atoms with E-state index in [0.29, 0.717) is 18.3 Å². The van der Waals surface area contributed by atoms with Gasteiger partial charge in [-0.25, -0.2) is 4.98 Å². The number of nitrogens with one attached hydrogen (secondary N) is 1. The van der Waals surface area contributed by atoms with Crippen molar-refractivity contribution < 1.29 is 9.59 Å². The number of carbonyl (C=O) groups is 2. The van der Waals surface area contributed by atoms with Crippen LogP contribution in [-0.4, -0.2) is 23.3 Å². The minimum Gasteiger partial charge on any atom is -0.312 e. The number of nitrogens with zero attached hydrogens (tertiary/aromatic N) is 2. The van der Waals surface area contributed by atoms with Crippen molar-refractivity contribution in [2.45, 2.75) is 33.1 Å². The normalized spacial score (nSPS) is 17.2. The van der Waals surface area contributed by atoms with Gasteiger partial charge in [0.1, 0.15) is 5.82 Å². The number of anilines is 2. The average molecular weight is 337 g/mol. The van der Waals surface area contributed by atoms with Gasteiger partial charge < -0.3 is 10.2 Å². The fraction of sp³-hybridized carbons (Fsp3) is 0.350. The largest absolute Gasteiger partial charge is 0.312 e. The van der Waals surface area contributed by atoms with Gasteiger partial charge in [0.2, 0.25) is 11.8 Å². The number of aryl methyl sites for hydroxylation is 1. The van der Waals surface area contributed by atoms with Crippen LogP contribution in [0.5, 0.6) is 0 Å². The molecular weight excluding hydrogens is 314 g/mol. The Morgan fingerprint density at radius 1 is 1.20 bits per heavy atom. The van der Waals surface area contributed by atoms with Crippen molar-refractivity contribution in [2.24, 2.45) is 5.92 Å². The highest BCUT2D eigenvalue weighted by Crippen LogP contribution is 2.27. The Morgan fingerprint density at radius 3 is 2.56 bits per heavy atom. The van der Waals surface area contributed by atoms with Crippen LogP contribution in [0, 0.1) is 12.8 Å². The van der Waals surface area contributed by atoms with E-state index in [1.807, 2.05) is 43.3 Å². The quantitative estimate of drug-likeness (QED) is 0.929. The molecule has 1 N–H and O–H groups in total. The molecule has 1 saturated heterocycles. The Labute approximate surface area is 148 Å². The van der Waals surface area contributed by atoms with Crippen molar-refractivity contribution in [2.75, 3.05) is 16.8 Å². The average Bonchev–Trinajstić information content (AvgIpc) is 2.97. The Hall–Kier alpha value is -2.69. The van der Waals surface area contributed by atoms with E-state index >= 15 is 0 Å². The van der Waals surface area contributed by atoms with E-state index in [9.17, 15) is 9.59 Å². The summed E-state index contributed by atoms with van der Waals surface area (Å²) in [4.78, 5) is 30.8. The molecule has 1 aliphatic rings. The molecular formula is C20H23N3O2. The number of rotatable bonds is 4. The molecule has 2 aromatic rings. The standard InChI is InChI=1S/C20H23N3O2/c1-13(2)15-7-9-17(10-8-15)23-12-16(11-19(23)24)20(25)22-18-6-4-5-14(3)21-18/h4-10,13,16H,11-12H2,1-3H3,(H,21,22,25)/t16-/m1/s1. The molecule has 5 heteroatoms. The number of pyridine rings is 1. The molecule has 2 amide bonds. The van der Waals surface area contributed by atoms with Gasteiger partial charge in [0, 0.05) is 24.3 Å². The molecule has 1 aliphatic heterocycles. The van der Waals surface area contributed by atoms with Gasteiger partial charge in [-0.15, -0.1) is 0 Å². The minimum absolute atomic E-state index is 0.0188. The van der Waals surface area contributed by atoms with Crippen LogP contribution >= 0.6 is 0 Å². The summed E-state index contributed by atoms with van der Waals surface area (Å²) in [6.45, 7) is 6.54. The monoisotopic (exact) mass is 337 g/mol. The SMILES string of the molecule is Cc1cccc(NC(=O)[C@@H]2CC(=O)N(c3ccc(C(C)C)cc3)C2)n1. The Kier molecular flexibility index (Phi) is 4.83. The smallest absolute Gasteiger partial charge is 0.230 e. The molecule has 1 fully saturated rings. The predicted octanol–water partition coefficient (Wildman–Crippen LogP) is 3.51. The van der Waals surface area contributed by atoms with E-state index in [4.69, 9.17) is 0 Å². The molecule has 0 saturated carbocycles. The molecule has 0 aliphatic carbocycles. The molecule has 130 valence electrons. The highest BCUT2D eigenvalue weighted by molar-refractivity contribution is 6.03. The number of hydrogen-bond donors (Lipinski definition) is 1. The predicted molar refractivity (Wildman–Crippen MR) is 98.6 cm³/mol. The molecule has 0 spiro atoms. The summed E-state index contributed by atoms with van der Waals surface area (Å²) < 4.78 is 0. The van der Waals surface area contributed by atoms with Crippen LogP contribution in [0.2, 0.25) is 0 Å². The number of aromatic nitrogens is 1. The first-order valence-electron chi connectivity index (χ1n) is 8.59. The van der Waals surface area contributed by atoms with Gasteiger partial charge in [0.15, 0.2) is 0 Å². The summed E-state index contributed by atoms with van der Waals surface area (Å²) in [7, 11) is 0. The van der Waals surface area contributed by atoms with E-state index in [0.717, 1.165) is 11.4 Å². The summed E-state index contributed by atoms with van der Waals surface area (Å²) in [6.07, 6.45) is 0.226. The minimum atomic E-state index is -0.361. The molecule has 0 bridgehead atoms. The van der Waals surface area contributed by atoms with E-state index < -0.39 is 0 Å². The number of hydrogen-bond acceptors (Lipinski definition) is 3. The first kappa shape index (κ1) is 17.1. The van der Waals surface area contributed by atoms with Crippen LogP contribution in [0.3, 0.4) is 0 Å². The van der Waals surface area contributed by atoms with Crippen LogP contribution in [0.4, 0.5) is 11.5 Å². The van der Waals surface area contributed by atoms with E-state index in [2.05, 4.69) is 24.1 Å². The van der Waals surface area contributed by atoms with E-state index in [1.165, 1.54) is 5.56 Å². The zero-order chi connectivity index (χ0) is 18.0. The van der Waals surface area contributed by atoms with Gasteiger partial charge in [-0.05, 0) is 42.7 Å². The Balaban J connectivity index is 1.68. The zero-order valence-corrected chi connectivity index (χ0v) is 14.8. The Bertz CT molecular complexity index is 784. The van der Waals surface area contributed by atoms with Crippen molar-refractivity contribution in [3.63, 3.8) is 0 Å². The molecule has 0 unspecified atom stereocenters.